The molecule has 1 fully saturated rings. The number of carbonyl (C=O) groups excluding carboxylic acids is 1. The second kappa shape index (κ2) is 8.37. The quantitative estimate of drug-likeness (QED) is 0.618. The van der Waals surface area contributed by atoms with E-state index in [1.807, 2.05) is 6.92 Å². The van der Waals surface area contributed by atoms with Crippen molar-refractivity contribution in [3.05, 3.63) is 17.7 Å². The Labute approximate surface area is 147 Å². The third kappa shape index (κ3) is 3.97. The molecule has 2 rings (SSSR count). The highest BCUT2D eigenvalue weighted by molar-refractivity contribution is 5.71. The van der Waals surface area contributed by atoms with E-state index in [0.717, 1.165) is 0 Å². The van der Waals surface area contributed by atoms with Crippen LogP contribution in [0.5, 0.6) is 17.2 Å². The summed E-state index contributed by atoms with van der Waals surface area (Å²) in [5.74, 6) is 0.556. The van der Waals surface area contributed by atoms with Crippen molar-refractivity contribution in [3.8, 4) is 17.2 Å². The fourth-order valence-electron chi connectivity index (χ4n) is 3.34. The van der Waals surface area contributed by atoms with Crippen molar-refractivity contribution in [1.82, 2.24) is 10.9 Å². The van der Waals surface area contributed by atoms with Gasteiger partial charge in [0.05, 0.1) is 34.9 Å². The zero-order valence-electron chi connectivity index (χ0n) is 15.2. The summed E-state index contributed by atoms with van der Waals surface area (Å²) in [5, 5.41) is 10.4. The van der Waals surface area contributed by atoms with E-state index in [-0.39, 0.29) is 24.3 Å². The van der Waals surface area contributed by atoms with Crippen LogP contribution in [-0.4, -0.2) is 51.8 Å². The molecule has 0 amide bonds. The summed E-state index contributed by atoms with van der Waals surface area (Å²) in [6.45, 7) is 1.93. The number of ether oxygens (including phenoxy) is 4. The maximum absolute atomic E-state index is 12.0. The minimum Gasteiger partial charge on any atom is -0.496 e. The molecule has 4 unspecified atom stereocenters. The van der Waals surface area contributed by atoms with Crippen molar-refractivity contribution < 1.29 is 28.8 Å². The van der Waals surface area contributed by atoms with Crippen molar-refractivity contribution in [3.63, 3.8) is 0 Å². The van der Waals surface area contributed by atoms with Gasteiger partial charge in [-0.3, -0.25) is 10.2 Å². The van der Waals surface area contributed by atoms with Crippen LogP contribution < -0.4 is 25.1 Å². The first-order valence-corrected chi connectivity index (χ1v) is 8.02. The topological polar surface area (TPSA) is 98.3 Å². The van der Waals surface area contributed by atoms with Gasteiger partial charge in [-0.1, -0.05) is 0 Å². The first-order chi connectivity index (χ1) is 12.0. The molecule has 1 aromatic carbocycles. The minimum absolute atomic E-state index is 0.0744. The molecular formula is C17H26N2O6. The van der Waals surface area contributed by atoms with E-state index in [1.165, 1.54) is 21.3 Å². The van der Waals surface area contributed by atoms with Gasteiger partial charge in [0.2, 0.25) is 0 Å². The van der Waals surface area contributed by atoms with Crippen molar-refractivity contribution >= 4 is 5.97 Å². The van der Waals surface area contributed by atoms with Gasteiger partial charge >= 0.3 is 5.97 Å². The smallest absolute Gasteiger partial charge is 0.306 e. The van der Waals surface area contributed by atoms with Gasteiger partial charge < -0.3 is 24.1 Å². The van der Waals surface area contributed by atoms with Gasteiger partial charge in [-0.05, 0) is 6.92 Å². The Morgan fingerprint density at radius 2 is 1.72 bits per heavy atom. The zero-order chi connectivity index (χ0) is 18.6. The lowest BCUT2D eigenvalue weighted by molar-refractivity contribution is -0.141. The number of methoxy groups -OCH3 is 4. The highest BCUT2D eigenvalue weighted by Gasteiger charge is 2.42. The molecule has 0 saturated carbocycles. The van der Waals surface area contributed by atoms with Gasteiger partial charge in [-0.15, -0.1) is 0 Å². The maximum atomic E-state index is 12.0. The molecule has 0 spiro atoms. The molecule has 8 heteroatoms. The van der Waals surface area contributed by atoms with Crippen LogP contribution in [0.25, 0.3) is 0 Å². The first-order valence-electron chi connectivity index (χ1n) is 8.02. The Morgan fingerprint density at radius 3 is 2.12 bits per heavy atom. The normalized spacial score (nSPS) is 23.8. The number of esters is 1. The lowest BCUT2D eigenvalue weighted by Crippen LogP contribution is -2.33. The zero-order valence-corrected chi connectivity index (χ0v) is 15.2. The summed E-state index contributed by atoms with van der Waals surface area (Å²) in [5.41, 5.74) is 6.50. The number of rotatable bonds is 7. The standard InChI is InChI=1S/C17H26N2O6/c1-9-15(17(21)19-18-9)11(8-14(20)25-5)16-12(23-3)6-10(22-2)7-13(16)24-4/h6-7,9,11,15,17-19,21H,8H2,1-5H3. The van der Waals surface area contributed by atoms with Crippen molar-refractivity contribution in [2.75, 3.05) is 28.4 Å². The number of hydrogen-bond donors (Lipinski definition) is 3. The molecule has 8 nitrogen and oxygen atoms in total. The molecule has 1 heterocycles. The summed E-state index contributed by atoms with van der Waals surface area (Å²) < 4.78 is 21.2. The Balaban J connectivity index is 2.58. The summed E-state index contributed by atoms with van der Waals surface area (Å²) in [6.07, 6.45) is -0.758. The highest BCUT2D eigenvalue weighted by Crippen LogP contribution is 2.45. The van der Waals surface area contributed by atoms with Crippen LogP contribution in [0.1, 0.15) is 24.8 Å². The van der Waals surface area contributed by atoms with E-state index in [2.05, 4.69) is 10.9 Å². The third-order valence-corrected chi connectivity index (χ3v) is 4.60. The molecule has 3 N–H and O–H groups in total. The van der Waals surface area contributed by atoms with Crippen LogP contribution in [0.2, 0.25) is 0 Å². The number of carbonyl (C=O) groups is 1. The third-order valence-electron chi connectivity index (χ3n) is 4.60. The van der Waals surface area contributed by atoms with Crippen molar-refractivity contribution in [2.45, 2.75) is 31.5 Å². The predicted molar refractivity (Wildman–Crippen MR) is 90.7 cm³/mol. The van der Waals surface area contributed by atoms with E-state index >= 15 is 0 Å². The van der Waals surface area contributed by atoms with Gasteiger partial charge in [-0.25, -0.2) is 5.43 Å². The van der Waals surface area contributed by atoms with Crippen LogP contribution >= 0.6 is 0 Å². The largest absolute Gasteiger partial charge is 0.496 e. The van der Waals surface area contributed by atoms with E-state index in [4.69, 9.17) is 18.9 Å². The molecule has 1 saturated heterocycles. The van der Waals surface area contributed by atoms with Gasteiger partial charge in [0.1, 0.15) is 23.5 Å². The number of aliphatic hydroxyl groups excluding tert-OH is 1. The molecule has 0 aromatic heterocycles. The van der Waals surface area contributed by atoms with Crippen LogP contribution in [-0.2, 0) is 9.53 Å². The summed E-state index contributed by atoms with van der Waals surface area (Å²) >= 11 is 0. The fraction of sp³-hybridized carbons (Fsp3) is 0.588. The maximum Gasteiger partial charge on any atom is 0.306 e. The lowest BCUT2D eigenvalue weighted by Gasteiger charge is -2.30. The van der Waals surface area contributed by atoms with Crippen LogP contribution in [0, 0.1) is 5.92 Å². The van der Waals surface area contributed by atoms with Gasteiger partial charge in [0.15, 0.2) is 0 Å². The summed E-state index contributed by atoms with van der Waals surface area (Å²) in [6, 6.07) is 3.38. The average molecular weight is 354 g/mol. The molecular weight excluding hydrogens is 328 g/mol. The molecule has 0 aliphatic carbocycles. The van der Waals surface area contributed by atoms with Gasteiger partial charge in [-0.2, -0.15) is 0 Å². The van der Waals surface area contributed by atoms with Gasteiger partial charge in [0.25, 0.3) is 0 Å². The molecule has 1 aromatic rings. The van der Waals surface area contributed by atoms with E-state index in [1.54, 1.807) is 19.2 Å². The van der Waals surface area contributed by atoms with Gasteiger partial charge in [0, 0.05) is 35.6 Å². The number of benzene rings is 1. The highest BCUT2D eigenvalue weighted by atomic mass is 16.5. The molecule has 4 atom stereocenters. The lowest BCUT2D eigenvalue weighted by atomic mass is 9.78. The van der Waals surface area contributed by atoms with Crippen LogP contribution in [0.3, 0.4) is 0 Å². The fourth-order valence-corrected chi connectivity index (χ4v) is 3.34. The monoisotopic (exact) mass is 354 g/mol. The SMILES string of the molecule is COC(=O)CC(c1c(OC)cc(OC)cc1OC)C1C(C)NNC1O. The second-order valence-corrected chi connectivity index (χ2v) is 5.93. The van der Waals surface area contributed by atoms with Crippen LogP contribution in [0.4, 0.5) is 0 Å². The number of hydrogen-bond acceptors (Lipinski definition) is 8. The van der Waals surface area contributed by atoms with E-state index in [9.17, 15) is 9.90 Å². The Kier molecular flexibility index (Phi) is 6.46. The number of hydrazine groups is 1. The Hall–Kier alpha value is -2.03. The van der Waals surface area contributed by atoms with Crippen LogP contribution in [0.15, 0.2) is 12.1 Å². The molecule has 0 radical (unpaired) electrons. The average Bonchev–Trinajstić information content (AvgIpc) is 2.96. The van der Waals surface area contributed by atoms with E-state index < -0.39 is 12.1 Å². The minimum atomic E-state index is -0.832. The molecule has 140 valence electrons. The molecule has 1 aliphatic heterocycles. The number of aliphatic hydroxyl groups is 1. The predicted octanol–water partition coefficient (Wildman–Crippen LogP) is 0.790. The van der Waals surface area contributed by atoms with Crippen molar-refractivity contribution in [1.29, 1.82) is 0 Å². The second-order valence-electron chi connectivity index (χ2n) is 5.93. The summed E-state index contributed by atoms with van der Waals surface area (Å²) in [4.78, 5) is 12.0. The molecule has 25 heavy (non-hydrogen) atoms. The van der Waals surface area contributed by atoms with E-state index in [0.29, 0.717) is 22.8 Å². The molecule has 1 aliphatic rings. The number of nitrogens with one attached hydrogen (secondary N) is 2. The molecule has 0 bridgehead atoms. The summed E-state index contributed by atoms with van der Waals surface area (Å²) in [7, 11) is 5.97. The first kappa shape index (κ1) is 19.3. The Morgan fingerprint density at radius 1 is 1.12 bits per heavy atom. The van der Waals surface area contributed by atoms with Crippen molar-refractivity contribution in [2.24, 2.45) is 5.92 Å². The Bertz CT molecular complexity index is 574.